The van der Waals surface area contributed by atoms with Crippen LogP contribution in [0.4, 0.5) is 32.6 Å². The van der Waals surface area contributed by atoms with Gasteiger partial charge < -0.3 is 11.5 Å². The van der Waals surface area contributed by atoms with Gasteiger partial charge in [-0.3, -0.25) is 0 Å². The van der Waals surface area contributed by atoms with Gasteiger partial charge in [-0.2, -0.15) is 5.11 Å². The molecular formula is C17H18N10O2. The number of amides is 4. The molecule has 3 aromatic rings. The van der Waals surface area contributed by atoms with Crippen molar-refractivity contribution < 1.29 is 9.59 Å². The van der Waals surface area contributed by atoms with Crippen LogP contribution in [0.5, 0.6) is 0 Å². The highest BCUT2D eigenvalue weighted by Gasteiger charge is 2.29. The first-order chi connectivity index (χ1) is 13.9. The highest BCUT2D eigenvalue weighted by Crippen LogP contribution is 2.39. The fourth-order valence-corrected chi connectivity index (χ4v) is 2.42. The second kappa shape index (κ2) is 8.16. The molecule has 12 heteroatoms. The Morgan fingerprint density at radius 1 is 0.828 bits per heavy atom. The van der Waals surface area contributed by atoms with Crippen LogP contribution in [-0.2, 0) is 0 Å². The van der Waals surface area contributed by atoms with Crippen molar-refractivity contribution in [2.24, 2.45) is 33.4 Å². The van der Waals surface area contributed by atoms with Crippen molar-refractivity contribution in [2.75, 3.05) is 10.0 Å². The van der Waals surface area contributed by atoms with E-state index in [0.717, 1.165) is 0 Å². The lowest BCUT2D eigenvalue weighted by Gasteiger charge is -2.16. The number of hydrazine groups is 2. The SMILES string of the molecule is NC(=O)N(N)c1nn(-c2ccccc2)c(N(N)C(N)=O)c1N=Nc1ccccc1. The molecule has 0 spiro atoms. The number of azo groups is 1. The van der Waals surface area contributed by atoms with Crippen molar-refractivity contribution in [1.82, 2.24) is 9.78 Å². The molecule has 2 aromatic carbocycles. The van der Waals surface area contributed by atoms with Gasteiger partial charge in [-0.25, -0.2) is 36.0 Å². The Balaban J connectivity index is 2.26. The van der Waals surface area contributed by atoms with E-state index in [0.29, 0.717) is 21.4 Å². The highest BCUT2D eigenvalue weighted by atomic mass is 16.2. The summed E-state index contributed by atoms with van der Waals surface area (Å²) in [5.41, 5.74) is 11.5. The number of hydrogen-bond acceptors (Lipinski definition) is 7. The van der Waals surface area contributed by atoms with Crippen LogP contribution in [0.15, 0.2) is 70.9 Å². The number of aromatic nitrogens is 2. The van der Waals surface area contributed by atoms with Gasteiger partial charge in [0, 0.05) is 0 Å². The molecule has 29 heavy (non-hydrogen) atoms. The van der Waals surface area contributed by atoms with Crippen LogP contribution in [0.25, 0.3) is 5.69 Å². The molecule has 1 heterocycles. The summed E-state index contributed by atoms with van der Waals surface area (Å²) < 4.78 is 1.25. The molecule has 0 saturated heterocycles. The van der Waals surface area contributed by atoms with Gasteiger partial charge >= 0.3 is 12.1 Å². The molecule has 0 unspecified atom stereocenters. The molecule has 8 N–H and O–H groups in total. The van der Waals surface area contributed by atoms with Crippen molar-refractivity contribution in [3.63, 3.8) is 0 Å². The smallest absolute Gasteiger partial charge is 0.335 e. The first kappa shape index (κ1) is 19.5. The second-order valence-electron chi connectivity index (χ2n) is 5.70. The zero-order chi connectivity index (χ0) is 21.0. The Kier molecular flexibility index (Phi) is 5.48. The van der Waals surface area contributed by atoms with E-state index in [9.17, 15) is 9.59 Å². The summed E-state index contributed by atoms with van der Waals surface area (Å²) in [6.07, 6.45) is 0. The molecular weight excluding hydrogens is 376 g/mol. The monoisotopic (exact) mass is 394 g/mol. The van der Waals surface area contributed by atoms with Gasteiger partial charge in [0.1, 0.15) is 0 Å². The Hall–Kier alpha value is -4.29. The van der Waals surface area contributed by atoms with Crippen LogP contribution in [0.2, 0.25) is 0 Å². The number of benzene rings is 2. The van der Waals surface area contributed by atoms with Gasteiger partial charge in [-0.1, -0.05) is 36.4 Å². The van der Waals surface area contributed by atoms with Gasteiger partial charge in [-0.15, -0.1) is 10.2 Å². The summed E-state index contributed by atoms with van der Waals surface area (Å²) >= 11 is 0. The van der Waals surface area contributed by atoms with E-state index in [1.54, 1.807) is 54.6 Å². The lowest BCUT2D eigenvalue weighted by atomic mass is 10.3. The first-order valence-electron chi connectivity index (χ1n) is 8.24. The molecule has 0 atom stereocenters. The standard InChI is InChI=1S/C17H18N10O2/c18-16(28)25(20)14-13(23-22-11-7-3-1-4-8-11)15(26(21)17(19)29)27(24-14)12-9-5-2-6-10-12/h1-10H,20-21H2,(H2,18,28)(H2,19,29). The summed E-state index contributed by atoms with van der Waals surface area (Å²) in [6.45, 7) is 0. The largest absolute Gasteiger partial charge is 0.350 e. The van der Waals surface area contributed by atoms with Crippen LogP contribution in [-0.4, -0.2) is 21.8 Å². The summed E-state index contributed by atoms with van der Waals surface area (Å²) in [4.78, 5) is 23.4. The quantitative estimate of drug-likeness (QED) is 0.222. The zero-order valence-corrected chi connectivity index (χ0v) is 15.1. The molecule has 0 aliphatic heterocycles. The highest BCUT2D eigenvalue weighted by molar-refractivity contribution is 5.98. The minimum Gasteiger partial charge on any atom is -0.350 e. The molecule has 3 rings (SSSR count). The number of rotatable bonds is 5. The number of para-hydroxylation sites is 1. The average molecular weight is 394 g/mol. The minimum atomic E-state index is -1.01. The maximum atomic E-state index is 11.8. The number of nitrogens with two attached hydrogens (primary N) is 4. The molecule has 4 amide bonds. The summed E-state index contributed by atoms with van der Waals surface area (Å²) in [6, 6.07) is 15.4. The van der Waals surface area contributed by atoms with Gasteiger partial charge in [0.05, 0.1) is 11.4 Å². The number of nitrogens with zero attached hydrogens (tertiary/aromatic N) is 6. The molecule has 148 valence electrons. The van der Waals surface area contributed by atoms with E-state index < -0.39 is 12.1 Å². The third-order valence-corrected chi connectivity index (χ3v) is 3.77. The van der Waals surface area contributed by atoms with Crippen molar-refractivity contribution in [3.8, 4) is 5.69 Å². The van der Waals surface area contributed by atoms with E-state index in [4.69, 9.17) is 23.2 Å². The number of carbonyl (C=O) groups is 2. The fraction of sp³-hybridized carbons (Fsp3) is 0. The number of carbonyl (C=O) groups excluding carboxylic acids is 2. The van der Waals surface area contributed by atoms with Crippen molar-refractivity contribution in [3.05, 3.63) is 60.7 Å². The summed E-state index contributed by atoms with van der Waals surface area (Å²) in [5.74, 6) is 11.4. The lowest BCUT2D eigenvalue weighted by Crippen LogP contribution is -2.43. The molecule has 0 saturated carbocycles. The lowest BCUT2D eigenvalue weighted by molar-refractivity contribution is 0.253. The Morgan fingerprint density at radius 2 is 1.38 bits per heavy atom. The molecule has 0 bridgehead atoms. The van der Waals surface area contributed by atoms with Crippen LogP contribution in [0.1, 0.15) is 0 Å². The van der Waals surface area contributed by atoms with Crippen LogP contribution >= 0.6 is 0 Å². The van der Waals surface area contributed by atoms with Crippen molar-refractivity contribution in [1.29, 1.82) is 0 Å². The normalized spacial score (nSPS) is 10.8. The number of anilines is 2. The summed E-state index contributed by atoms with van der Waals surface area (Å²) in [7, 11) is 0. The second-order valence-corrected chi connectivity index (χ2v) is 5.70. The fourth-order valence-electron chi connectivity index (χ4n) is 2.42. The van der Waals surface area contributed by atoms with Crippen LogP contribution in [0.3, 0.4) is 0 Å². The maximum Gasteiger partial charge on any atom is 0.335 e. The van der Waals surface area contributed by atoms with Crippen molar-refractivity contribution in [2.45, 2.75) is 0 Å². The van der Waals surface area contributed by atoms with Crippen LogP contribution < -0.4 is 33.2 Å². The molecule has 0 aliphatic rings. The molecule has 0 radical (unpaired) electrons. The number of hydrogen-bond donors (Lipinski definition) is 4. The van der Waals surface area contributed by atoms with Gasteiger partial charge in [0.15, 0.2) is 11.5 Å². The molecule has 12 nitrogen and oxygen atoms in total. The minimum absolute atomic E-state index is 0.0601. The number of urea groups is 2. The van der Waals surface area contributed by atoms with Gasteiger partial charge in [0.25, 0.3) is 0 Å². The van der Waals surface area contributed by atoms with Gasteiger partial charge in [0.2, 0.25) is 5.82 Å². The van der Waals surface area contributed by atoms with E-state index >= 15 is 0 Å². The third kappa shape index (κ3) is 4.02. The predicted molar refractivity (Wildman–Crippen MR) is 107 cm³/mol. The molecule has 1 aromatic heterocycles. The maximum absolute atomic E-state index is 11.8. The Labute approximate surface area is 164 Å². The van der Waals surface area contributed by atoms with Gasteiger partial charge in [-0.05, 0) is 24.3 Å². The van der Waals surface area contributed by atoms with E-state index in [2.05, 4.69) is 15.3 Å². The zero-order valence-electron chi connectivity index (χ0n) is 15.1. The number of primary amides is 2. The predicted octanol–water partition coefficient (Wildman–Crippen LogP) is 1.81. The Bertz CT molecular complexity index is 1050. The van der Waals surface area contributed by atoms with Crippen molar-refractivity contribution >= 4 is 35.1 Å². The average Bonchev–Trinajstić information content (AvgIpc) is 3.11. The van der Waals surface area contributed by atoms with E-state index in [-0.39, 0.29) is 17.3 Å². The summed E-state index contributed by atoms with van der Waals surface area (Å²) in [5, 5.41) is 13.6. The van der Waals surface area contributed by atoms with E-state index in [1.165, 1.54) is 4.68 Å². The third-order valence-electron chi connectivity index (χ3n) is 3.77. The Morgan fingerprint density at radius 3 is 1.93 bits per heavy atom. The van der Waals surface area contributed by atoms with E-state index in [1.807, 2.05) is 6.07 Å². The molecule has 0 aliphatic carbocycles. The first-order valence-corrected chi connectivity index (χ1v) is 8.24. The van der Waals surface area contributed by atoms with Crippen LogP contribution in [0, 0.1) is 0 Å². The topological polar surface area (TPSA) is 187 Å². The molecule has 0 fully saturated rings.